The van der Waals surface area contributed by atoms with Gasteiger partial charge in [0.15, 0.2) is 17.3 Å². The summed E-state index contributed by atoms with van der Waals surface area (Å²) in [6, 6.07) is 10.6. The van der Waals surface area contributed by atoms with E-state index in [1.54, 1.807) is 57.7 Å². The van der Waals surface area contributed by atoms with Crippen LogP contribution in [0.5, 0.6) is 17.2 Å². The average Bonchev–Trinajstić information content (AvgIpc) is 2.84. The van der Waals surface area contributed by atoms with E-state index in [0.29, 0.717) is 45.2 Å². The zero-order valence-corrected chi connectivity index (χ0v) is 13.2. The van der Waals surface area contributed by atoms with Crippen LogP contribution in [-0.2, 0) is 0 Å². The first-order valence-electron chi connectivity index (χ1n) is 7.06. The Labute approximate surface area is 134 Å². The van der Waals surface area contributed by atoms with Gasteiger partial charge in [0.25, 0.3) is 0 Å². The third kappa shape index (κ3) is 2.30. The predicted octanol–water partition coefficient (Wildman–Crippen LogP) is 2.74. The maximum atomic E-state index is 12.7. The van der Waals surface area contributed by atoms with Crippen LogP contribution in [0, 0.1) is 0 Å². The van der Waals surface area contributed by atoms with E-state index >= 15 is 0 Å². The Bertz CT molecular complexity index is 824. The Morgan fingerprint density at radius 3 is 2.22 bits per heavy atom. The van der Waals surface area contributed by atoms with Crippen LogP contribution >= 0.6 is 0 Å². The summed E-state index contributed by atoms with van der Waals surface area (Å²) in [4.78, 5) is 12.7. The van der Waals surface area contributed by atoms with E-state index in [9.17, 15) is 4.79 Å². The molecular formula is C18H17NO4. The predicted molar refractivity (Wildman–Crippen MR) is 87.9 cm³/mol. The molecule has 2 aromatic rings. The van der Waals surface area contributed by atoms with E-state index in [4.69, 9.17) is 19.9 Å². The number of carbonyl (C=O) groups is 1. The van der Waals surface area contributed by atoms with Crippen molar-refractivity contribution in [1.29, 1.82) is 0 Å². The van der Waals surface area contributed by atoms with E-state index in [2.05, 4.69) is 0 Å². The van der Waals surface area contributed by atoms with Gasteiger partial charge in [-0.1, -0.05) is 6.07 Å². The van der Waals surface area contributed by atoms with Gasteiger partial charge in [-0.05, 0) is 35.9 Å². The van der Waals surface area contributed by atoms with Crippen molar-refractivity contribution in [2.75, 3.05) is 21.3 Å². The van der Waals surface area contributed by atoms with E-state index in [1.165, 1.54) is 0 Å². The second kappa shape index (κ2) is 5.68. The van der Waals surface area contributed by atoms with Crippen molar-refractivity contribution in [2.24, 2.45) is 5.73 Å². The average molecular weight is 311 g/mol. The van der Waals surface area contributed by atoms with Gasteiger partial charge in [-0.25, -0.2) is 0 Å². The molecule has 0 unspecified atom stereocenters. The number of Topliss-reactive ketones (excluding diaryl/α,β-unsaturated/α-hetero) is 1. The third-order valence-corrected chi connectivity index (χ3v) is 3.93. The summed E-state index contributed by atoms with van der Waals surface area (Å²) >= 11 is 0. The van der Waals surface area contributed by atoms with Gasteiger partial charge in [-0.15, -0.1) is 0 Å². The maximum absolute atomic E-state index is 12.7. The first-order chi connectivity index (χ1) is 11.1. The lowest BCUT2D eigenvalue weighted by Crippen LogP contribution is -2.01. The van der Waals surface area contributed by atoms with Crippen molar-refractivity contribution in [1.82, 2.24) is 0 Å². The number of ketones is 1. The van der Waals surface area contributed by atoms with Crippen LogP contribution in [-0.4, -0.2) is 27.1 Å². The van der Waals surface area contributed by atoms with Crippen LogP contribution in [0.25, 0.3) is 11.3 Å². The highest BCUT2D eigenvalue weighted by Gasteiger charge is 2.30. The van der Waals surface area contributed by atoms with Gasteiger partial charge < -0.3 is 19.9 Å². The number of fused-ring (bicyclic) bond motifs is 1. The molecule has 0 fully saturated rings. The summed E-state index contributed by atoms with van der Waals surface area (Å²) in [5.74, 6) is 1.70. The monoisotopic (exact) mass is 311 g/mol. The van der Waals surface area contributed by atoms with Crippen molar-refractivity contribution >= 4 is 17.1 Å². The van der Waals surface area contributed by atoms with Gasteiger partial charge >= 0.3 is 0 Å². The van der Waals surface area contributed by atoms with Gasteiger partial charge in [0.2, 0.25) is 0 Å². The van der Waals surface area contributed by atoms with Crippen molar-refractivity contribution in [3.05, 3.63) is 53.1 Å². The topological polar surface area (TPSA) is 70.8 Å². The smallest absolute Gasteiger partial charge is 0.196 e. The van der Waals surface area contributed by atoms with Gasteiger partial charge in [-0.3, -0.25) is 4.79 Å². The molecule has 23 heavy (non-hydrogen) atoms. The van der Waals surface area contributed by atoms with Crippen LogP contribution in [0.1, 0.15) is 21.5 Å². The van der Waals surface area contributed by atoms with E-state index in [1.807, 2.05) is 0 Å². The molecule has 0 aromatic heterocycles. The van der Waals surface area contributed by atoms with Gasteiger partial charge in [0.1, 0.15) is 5.75 Å². The number of methoxy groups -OCH3 is 3. The zero-order valence-electron chi connectivity index (χ0n) is 13.2. The number of hydrogen-bond donors (Lipinski definition) is 1. The molecule has 2 aromatic carbocycles. The molecule has 2 N–H and O–H groups in total. The molecule has 1 aliphatic rings. The number of allylic oxidation sites excluding steroid dienone is 1. The third-order valence-electron chi connectivity index (χ3n) is 3.93. The number of nitrogens with two attached hydrogens (primary N) is 1. The second-order valence-electron chi connectivity index (χ2n) is 5.10. The molecule has 0 amide bonds. The molecule has 1 aliphatic carbocycles. The maximum Gasteiger partial charge on any atom is 0.196 e. The summed E-state index contributed by atoms with van der Waals surface area (Å²) in [6.45, 7) is 0. The molecule has 0 aliphatic heterocycles. The van der Waals surface area contributed by atoms with Crippen LogP contribution in [0.15, 0.2) is 36.4 Å². The van der Waals surface area contributed by atoms with Crippen molar-refractivity contribution in [2.45, 2.75) is 0 Å². The Hall–Kier alpha value is -2.95. The fourth-order valence-corrected chi connectivity index (χ4v) is 2.74. The summed E-state index contributed by atoms with van der Waals surface area (Å²) in [7, 11) is 4.69. The summed E-state index contributed by atoms with van der Waals surface area (Å²) in [6.07, 6.45) is 0. The number of rotatable bonds is 4. The van der Waals surface area contributed by atoms with Gasteiger partial charge in [-0.2, -0.15) is 0 Å². The Morgan fingerprint density at radius 2 is 1.57 bits per heavy atom. The first kappa shape index (κ1) is 15.0. The number of carbonyl (C=O) groups excluding carboxylic acids is 1. The van der Waals surface area contributed by atoms with Gasteiger partial charge in [0.05, 0.1) is 32.6 Å². The lowest BCUT2D eigenvalue weighted by atomic mass is 10.0. The molecule has 0 heterocycles. The first-order valence-corrected chi connectivity index (χ1v) is 7.06. The lowest BCUT2D eigenvalue weighted by Gasteiger charge is -2.10. The highest BCUT2D eigenvalue weighted by atomic mass is 16.5. The van der Waals surface area contributed by atoms with Crippen molar-refractivity contribution in [3.63, 3.8) is 0 Å². The van der Waals surface area contributed by atoms with Gasteiger partial charge in [0, 0.05) is 11.1 Å². The van der Waals surface area contributed by atoms with Crippen LogP contribution in [0.4, 0.5) is 0 Å². The quantitative estimate of drug-likeness (QED) is 0.940. The molecule has 0 bridgehead atoms. The molecule has 0 saturated heterocycles. The van der Waals surface area contributed by atoms with E-state index < -0.39 is 0 Å². The van der Waals surface area contributed by atoms with Crippen LogP contribution in [0.2, 0.25) is 0 Å². The summed E-state index contributed by atoms with van der Waals surface area (Å²) in [5.41, 5.74) is 9.10. The molecule has 0 radical (unpaired) electrons. The van der Waals surface area contributed by atoms with Crippen LogP contribution in [0.3, 0.4) is 0 Å². The number of benzene rings is 2. The molecule has 0 saturated carbocycles. The molecule has 0 spiro atoms. The molecular weight excluding hydrogens is 294 g/mol. The zero-order chi connectivity index (χ0) is 16.6. The number of ether oxygens (including phenoxy) is 3. The fourth-order valence-electron chi connectivity index (χ4n) is 2.74. The largest absolute Gasteiger partial charge is 0.497 e. The minimum absolute atomic E-state index is 0.104. The Morgan fingerprint density at radius 1 is 0.826 bits per heavy atom. The Kier molecular flexibility index (Phi) is 3.70. The highest BCUT2D eigenvalue weighted by Crippen LogP contribution is 2.39. The molecule has 3 rings (SSSR count). The molecule has 5 nitrogen and oxygen atoms in total. The fraction of sp³-hybridized carbons (Fsp3) is 0.167. The summed E-state index contributed by atoms with van der Waals surface area (Å²) < 4.78 is 15.7. The molecule has 118 valence electrons. The molecule has 0 atom stereocenters. The van der Waals surface area contributed by atoms with Crippen molar-refractivity contribution in [3.8, 4) is 17.2 Å². The standard InChI is InChI=1S/C18H17NO4/c1-21-11-5-6-12-13(9-11)17(19)16(18(12)20)10-4-7-14(22-2)15(8-10)23-3/h4-9H,19H2,1-3H3. The molecule has 5 heteroatoms. The van der Waals surface area contributed by atoms with Crippen molar-refractivity contribution < 1.29 is 19.0 Å². The van der Waals surface area contributed by atoms with E-state index in [0.717, 1.165) is 0 Å². The minimum atomic E-state index is -0.104. The Balaban J connectivity index is 2.13. The minimum Gasteiger partial charge on any atom is -0.497 e. The normalized spacial score (nSPS) is 13.1. The summed E-state index contributed by atoms with van der Waals surface area (Å²) in [5, 5.41) is 0. The second-order valence-corrected chi connectivity index (χ2v) is 5.10. The highest BCUT2D eigenvalue weighted by molar-refractivity contribution is 6.39. The van der Waals surface area contributed by atoms with Crippen LogP contribution < -0.4 is 19.9 Å². The lowest BCUT2D eigenvalue weighted by molar-refractivity contribution is 0.105. The van der Waals surface area contributed by atoms with E-state index in [-0.39, 0.29) is 5.78 Å². The SMILES string of the molecule is COc1ccc2c(c1)C(N)=C(c1ccc(OC)c(OC)c1)C2=O. The number of hydrogen-bond acceptors (Lipinski definition) is 5.